The van der Waals surface area contributed by atoms with Crippen molar-refractivity contribution in [3.8, 4) is 11.5 Å². The normalized spacial score (nSPS) is 19.9. The van der Waals surface area contributed by atoms with E-state index in [0.29, 0.717) is 0 Å². The van der Waals surface area contributed by atoms with E-state index in [4.69, 9.17) is 9.47 Å². The maximum atomic E-state index is 6.73. The fourth-order valence-electron chi connectivity index (χ4n) is 5.54. The van der Waals surface area contributed by atoms with Crippen LogP contribution in [0.1, 0.15) is 57.1 Å². The van der Waals surface area contributed by atoms with Gasteiger partial charge in [0.25, 0.3) is 0 Å². The first-order chi connectivity index (χ1) is 14.7. The SMILES string of the molecule is CCN(c1cccc2ccccc12)C1CC2(CCCCC2)Oc2ccc(OC)cc21. The zero-order valence-corrected chi connectivity index (χ0v) is 18.1. The van der Waals surface area contributed by atoms with Crippen LogP contribution >= 0.6 is 0 Å². The number of anilines is 1. The van der Waals surface area contributed by atoms with Crippen LogP contribution in [0.4, 0.5) is 5.69 Å². The van der Waals surface area contributed by atoms with Gasteiger partial charge < -0.3 is 14.4 Å². The fourth-order valence-corrected chi connectivity index (χ4v) is 5.54. The molecule has 0 amide bonds. The molecule has 2 aliphatic rings. The lowest BCUT2D eigenvalue weighted by molar-refractivity contribution is 0.000899. The number of hydrogen-bond donors (Lipinski definition) is 0. The third-order valence-electron chi connectivity index (χ3n) is 7.03. The lowest BCUT2D eigenvalue weighted by atomic mass is 9.76. The zero-order valence-electron chi connectivity index (χ0n) is 18.1. The van der Waals surface area contributed by atoms with Gasteiger partial charge in [0, 0.05) is 29.6 Å². The van der Waals surface area contributed by atoms with Crippen LogP contribution in [0.3, 0.4) is 0 Å². The molecule has 3 nitrogen and oxygen atoms in total. The molecule has 3 aromatic rings. The summed E-state index contributed by atoms with van der Waals surface area (Å²) >= 11 is 0. The summed E-state index contributed by atoms with van der Waals surface area (Å²) in [6, 6.07) is 22.0. The molecule has 1 aliphatic heterocycles. The maximum Gasteiger partial charge on any atom is 0.125 e. The molecule has 1 aliphatic carbocycles. The van der Waals surface area contributed by atoms with E-state index in [1.165, 1.54) is 41.3 Å². The zero-order chi connectivity index (χ0) is 20.6. The molecule has 3 heteroatoms. The van der Waals surface area contributed by atoms with Crippen LogP contribution in [0.25, 0.3) is 10.8 Å². The molecule has 0 saturated heterocycles. The summed E-state index contributed by atoms with van der Waals surface area (Å²) in [7, 11) is 1.74. The minimum absolute atomic E-state index is 0.0392. The Morgan fingerprint density at radius 3 is 2.60 bits per heavy atom. The number of fused-ring (bicyclic) bond motifs is 2. The molecule has 0 radical (unpaired) electrons. The van der Waals surface area contributed by atoms with Crippen LogP contribution in [0.5, 0.6) is 11.5 Å². The predicted octanol–water partition coefficient (Wildman–Crippen LogP) is 6.90. The molecule has 1 spiro atoms. The van der Waals surface area contributed by atoms with Gasteiger partial charge in [0.2, 0.25) is 0 Å². The topological polar surface area (TPSA) is 21.7 Å². The Morgan fingerprint density at radius 2 is 1.80 bits per heavy atom. The predicted molar refractivity (Wildman–Crippen MR) is 124 cm³/mol. The van der Waals surface area contributed by atoms with E-state index in [1.54, 1.807) is 7.11 Å². The first kappa shape index (κ1) is 19.3. The largest absolute Gasteiger partial charge is 0.497 e. The highest BCUT2D eigenvalue weighted by Gasteiger charge is 2.43. The number of benzene rings is 3. The summed E-state index contributed by atoms with van der Waals surface area (Å²) in [5.74, 6) is 1.93. The van der Waals surface area contributed by atoms with Crippen molar-refractivity contribution in [3.63, 3.8) is 0 Å². The highest BCUT2D eigenvalue weighted by atomic mass is 16.5. The molecule has 5 rings (SSSR count). The van der Waals surface area contributed by atoms with Crippen LogP contribution in [-0.4, -0.2) is 19.3 Å². The van der Waals surface area contributed by atoms with Crippen molar-refractivity contribution in [2.24, 2.45) is 0 Å². The van der Waals surface area contributed by atoms with Crippen LogP contribution in [0.2, 0.25) is 0 Å². The summed E-state index contributed by atoms with van der Waals surface area (Å²) in [6.07, 6.45) is 7.19. The molecule has 1 heterocycles. The van der Waals surface area contributed by atoms with Crippen molar-refractivity contribution < 1.29 is 9.47 Å². The van der Waals surface area contributed by atoms with Gasteiger partial charge in [0.05, 0.1) is 13.2 Å². The van der Waals surface area contributed by atoms with E-state index in [1.807, 2.05) is 6.07 Å². The molecule has 1 unspecified atom stereocenters. The molecular formula is C27H31NO2. The number of nitrogens with zero attached hydrogens (tertiary/aromatic N) is 1. The number of ether oxygens (including phenoxy) is 2. The van der Waals surface area contributed by atoms with Gasteiger partial charge in [0.15, 0.2) is 0 Å². The second-order valence-electron chi connectivity index (χ2n) is 8.75. The van der Waals surface area contributed by atoms with Gasteiger partial charge in [-0.05, 0) is 62.3 Å². The van der Waals surface area contributed by atoms with Gasteiger partial charge in [0.1, 0.15) is 17.1 Å². The molecule has 0 aromatic heterocycles. The van der Waals surface area contributed by atoms with E-state index >= 15 is 0 Å². The Hall–Kier alpha value is -2.68. The van der Waals surface area contributed by atoms with Gasteiger partial charge in [-0.3, -0.25) is 0 Å². The van der Waals surface area contributed by atoms with E-state index in [9.17, 15) is 0 Å². The van der Waals surface area contributed by atoms with Gasteiger partial charge in [-0.25, -0.2) is 0 Å². The van der Waals surface area contributed by atoms with Crippen molar-refractivity contribution in [1.29, 1.82) is 0 Å². The standard InChI is InChI=1S/C27H31NO2/c1-3-28(24-13-9-11-20-10-5-6-12-22(20)24)25-19-27(16-7-4-8-17-27)30-26-15-14-21(29-2)18-23(25)26/h5-6,9-15,18,25H,3-4,7-8,16-17,19H2,1-2H3. The Kier molecular flexibility index (Phi) is 5.06. The molecule has 1 fully saturated rings. The van der Waals surface area contributed by atoms with Crippen LogP contribution in [-0.2, 0) is 0 Å². The van der Waals surface area contributed by atoms with Crippen molar-refractivity contribution in [2.45, 2.75) is 57.1 Å². The van der Waals surface area contributed by atoms with Crippen LogP contribution < -0.4 is 14.4 Å². The second kappa shape index (κ2) is 7.86. The van der Waals surface area contributed by atoms with E-state index in [-0.39, 0.29) is 11.6 Å². The first-order valence-corrected chi connectivity index (χ1v) is 11.3. The first-order valence-electron chi connectivity index (χ1n) is 11.3. The monoisotopic (exact) mass is 401 g/mol. The molecule has 1 atom stereocenters. The molecule has 30 heavy (non-hydrogen) atoms. The van der Waals surface area contributed by atoms with Crippen molar-refractivity contribution in [2.75, 3.05) is 18.6 Å². The third-order valence-corrected chi connectivity index (χ3v) is 7.03. The molecular weight excluding hydrogens is 370 g/mol. The summed E-state index contributed by atoms with van der Waals surface area (Å²) < 4.78 is 12.3. The minimum atomic E-state index is -0.0392. The van der Waals surface area contributed by atoms with E-state index in [0.717, 1.165) is 37.3 Å². The average molecular weight is 402 g/mol. The van der Waals surface area contributed by atoms with Gasteiger partial charge >= 0.3 is 0 Å². The number of hydrogen-bond acceptors (Lipinski definition) is 3. The van der Waals surface area contributed by atoms with Gasteiger partial charge in [-0.15, -0.1) is 0 Å². The summed E-state index contributed by atoms with van der Waals surface area (Å²) in [5, 5.41) is 2.61. The number of rotatable bonds is 4. The molecule has 0 N–H and O–H groups in total. The lowest BCUT2D eigenvalue weighted by Crippen LogP contribution is -2.46. The fraction of sp³-hybridized carbons (Fsp3) is 0.407. The van der Waals surface area contributed by atoms with Crippen molar-refractivity contribution in [1.82, 2.24) is 0 Å². The van der Waals surface area contributed by atoms with Crippen LogP contribution in [0, 0.1) is 0 Å². The summed E-state index contributed by atoms with van der Waals surface area (Å²) in [6.45, 7) is 3.22. The third kappa shape index (κ3) is 3.30. The Labute approximate surface area is 179 Å². The van der Waals surface area contributed by atoms with Gasteiger partial charge in [-0.1, -0.05) is 42.8 Å². The molecule has 3 aromatic carbocycles. The molecule has 1 saturated carbocycles. The number of methoxy groups -OCH3 is 1. The van der Waals surface area contributed by atoms with E-state index < -0.39 is 0 Å². The summed E-state index contributed by atoms with van der Waals surface area (Å²) in [4.78, 5) is 2.58. The maximum absolute atomic E-state index is 6.73. The Morgan fingerprint density at radius 1 is 1.00 bits per heavy atom. The summed E-state index contributed by atoms with van der Waals surface area (Å²) in [5.41, 5.74) is 2.52. The lowest BCUT2D eigenvalue weighted by Gasteiger charge is -2.48. The minimum Gasteiger partial charge on any atom is -0.497 e. The Bertz CT molecular complexity index is 1030. The van der Waals surface area contributed by atoms with Crippen molar-refractivity contribution in [3.05, 3.63) is 66.2 Å². The molecule has 0 bridgehead atoms. The van der Waals surface area contributed by atoms with Crippen molar-refractivity contribution >= 4 is 16.5 Å². The highest BCUT2D eigenvalue weighted by Crippen LogP contribution is 2.50. The average Bonchev–Trinajstić information content (AvgIpc) is 2.80. The second-order valence-corrected chi connectivity index (χ2v) is 8.75. The Balaban J connectivity index is 1.64. The van der Waals surface area contributed by atoms with E-state index in [2.05, 4.69) is 66.4 Å². The molecule has 156 valence electrons. The van der Waals surface area contributed by atoms with Gasteiger partial charge in [-0.2, -0.15) is 0 Å². The highest BCUT2D eigenvalue weighted by molar-refractivity contribution is 5.94. The smallest absolute Gasteiger partial charge is 0.125 e. The quantitative estimate of drug-likeness (QED) is 0.474. The van der Waals surface area contributed by atoms with Crippen LogP contribution in [0.15, 0.2) is 60.7 Å².